The van der Waals surface area contributed by atoms with Gasteiger partial charge < -0.3 is 29.6 Å². The van der Waals surface area contributed by atoms with Crippen molar-refractivity contribution in [2.45, 2.75) is 24.5 Å². The fourth-order valence-corrected chi connectivity index (χ4v) is 2.75. The number of fused-ring (bicyclic) bond motifs is 2. The van der Waals surface area contributed by atoms with Crippen LogP contribution in [-0.4, -0.2) is 51.7 Å². The highest BCUT2D eigenvalue weighted by Gasteiger charge is 2.58. The first-order valence-electron chi connectivity index (χ1n) is 6.32. The largest absolute Gasteiger partial charge is 0.480 e. The quantitative estimate of drug-likeness (QED) is 0.741. The number of rotatable bonds is 3. The molecule has 4 heterocycles. The van der Waals surface area contributed by atoms with Crippen molar-refractivity contribution in [3.8, 4) is 5.88 Å². The van der Waals surface area contributed by atoms with Gasteiger partial charge in [-0.1, -0.05) is 0 Å². The molecule has 0 amide bonds. The summed E-state index contributed by atoms with van der Waals surface area (Å²) in [5.41, 5.74) is 6.33. The fourth-order valence-electron chi connectivity index (χ4n) is 2.75. The predicted molar refractivity (Wildman–Crippen MR) is 68.1 cm³/mol. The molecule has 8 nitrogen and oxygen atoms in total. The molecule has 0 radical (unpaired) electrons. The number of aromatic nitrogens is 3. The van der Waals surface area contributed by atoms with Crippen LogP contribution in [0.25, 0.3) is 11.0 Å². The van der Waals surface area contributed by atoms with E-state index in [1.54, 1.807) is 0 Å². The van der Waals surface area contributed by atoms with Crippen molar-refractivity contribution in [2.75, 3.05) is 19.5 Å². The topological polar surface area (TPSA) is 108 Å². The third-order valence-corrected chi connectivity index (χ3v) is 3.72. The van der Waals surface area contributed by atoms with E-state index in [4.69, 9.17) is 19.9 Å². The zero-order valence-electron chi connectivity index (χ0n) is 10.8. The molecule has 2 aliphatic heterocycles. The number of hydrogen-bond acceptors (Lipinski definition) is 7. The van der Waals surface area contributed by atoms with Crippen molar-refractivity contribution < 1.29 is 19.3 Å². The maximum absolute atomic E-state index is 9.24. The summed E-state index contributed by atoms with van der Waals surface area (Å²) in [6.45, 7) is -0.0582. The van der Waals surface area contributed by atoms with Crippen LogP contribution in [0.5, 0.6) is 5.88 Å². The Morgan fingerprint density at radius 1 is 1.40 bits per heavy atom. The van der Waals surface area contributed by atoms with Gasteiger partial charge in [0, 0.05) is 6.20 Å². The number of aliphatic hydroxyl groups excluding tert-OH is 1. The lowest BCUT2D eigenvalue weighted by molar-refractivity contribution is -0.0821. The van der Waals surface area contributed by atoms with Crippen LogP contribution in [0.1, 0.15) is 6.23 Å². The zero-order chi connectivity index (χ0) is 13.9. The first-order chi connectivity index (χ1) is 9.72. The zero-order valence-corrected chi connectivity index (χ0v) is 10.8. The summed E-state index contributed by atoms with van der Waals surface area (Å²) in [7, 11) is 1.53. The van der Waals surface area contributed by atoms with Gasteiger partial charge in [-0.05, 0) is 6.07 Å². The molecule has 4 atom stereocenters. The minimum atomic E-state index is -0.311. The van der Waals surface area contributed by atoms with Gasteiger partial charge in [0.2, 0.25) is 11.8 Å². The molecule has 3 N–H and O–H groups in total. The summed E-state index contributed by atoms with van der Waals surface area (Å²) >= 11 is 0. The number of ether oxygens (including phenoxy) is 3. The monoisotopic (exact) mass is 278 g/mol. The lowest BCUT2D eigenvalue weighted by atomic mass is 10.2. The number of hydrogen-bond donors (Lipinski definition) is 2. The molecule has 2 saturated heterocycles. The van der Waals surface area contributed by atoms with Crippen LogP contribution in [0, 0.1) is 0 Å². The Bertz CT molecular complexity index is 673. The molecule has 4 rings (SSSR count). The van der Waals surface area contributed by atoms with Gasteiger partial charge in [0.1, 0.15) is 18.3 Å². The molecular weight excluding hydrogens is 264 g/mol. The Morgan fingerprint density at radius 3 is 2.95 bits per heavy atom. The van der Waals surface area contributed by atoms with Crippen LogP contribution in [0.3, 0.4) is 0 Å². The molecular formula is C12H14N4O4. The molecule has 0 bridgehead atoms. The molecule has 2 aliphatic rings. The first kappa shape index (κ1) is 11.9. The van der Waals surface area contributed by atoms with Crippen LogP contribution < -0.4 is 10.5 Å². The van der Waals surface area contributed by atoms with Gasteiger partial charge in [-0.2, -0.15) is 9.97 Å². The van der Waals surface area contributed by atoms with E-state index < -0.39 is 0 Å². The van der Waals surface area contributed by atoms with Crippen molar-refractivity contribution in [1.82, 2.24) is 14.5 Å². The SMILES string of the molecule is COc1nc(N)nc2c1ccn2[C@@H]1O[C@H](CO)[C@H]2O[C@@H]21. The van der Waals surface area contributed by atoms with Crippen LogP contribution >= 0.6 is 0 Å². The second-order valence-electron chi connectivity index (χ2n) is 4.86. The van der Waals surface area contributed by atoms with E-state index in [9.17, 15) is 5.11 Å². The van der Waals surface area contributed by atoms with Gasteiger partial charge in [0.25, 0.3) is 0 Å². The molecule has 0 aromatic carbocycles. The van der Waals surface area contributed by atoms with Crippen molar-refractivity contribution in [1.29, 1.82) is 0 Å². The molecule has 106 valence electrons. The molecule has 0 spiro atoms. The molecule has 2 fully saturated rings. The number of nitrogen functional groups attached to an aromatic ring is 1. The highest BCUT2D eigenvalue weighted by molar-refractivity contribution is 5.82. The Labute approximate surface area is 114 Å². The summed E-state index contributed by atoms with van der Waals surface area (Å²) in [4.78, 5) is 8.28. The lowest BCUT2D eigenvalue weighted by Gasteiger charge is -2.18. The summed E-state index contributed by atoms with van der Waals surface area (Å²) < 4.78 is 18.4. The lowest BCUT2D eigenvalue weighted by Crippen LogP contribution is -2.22. The Hall–Kier alpha value is -1.90. The third kappa shape index (κ3) is 1.52. The Balaban J connectivity index is 1.80. The summed E-state index contributed by atoms with van der Waals surface area (Å²) in [5.74, 6) is 0.565. The minimum absolute atomic E-state index is 0.0384. The number of aliphatic hydroxyl groups is 1. The Morgan fingerprint density at radius 2 is 2.25 bits per heavy atom. The molecule has 2 aromatic rings. The van der Waals surface area contributed by atoms with E-state index in [1.807, 2.05) is 16.8 Å². The highest BCUT2D eigenvalue weighted by atomic mass is 16.7. The average Bonchev–Trinajstić information content (AvgIpc) is 2.99. The minimum Gasteiger partial charge on any atom is -0.480 e. The van der Waals surface area contributed by atoms with Crippen LogP contribution in [0.2, 0.25) is 0 Å². The average molecular weight is 278 g/mol. The van der Waals surface area contributed by atoms with Gasteiger partial charge in [-0.15, -0.1) is 0 Å². The van der Waals surface area contributed by atoms with Crippen molar-refractivity contribution in [3.05, 3.63) is 12.3 Å². The van der Waals surface area contributed by atoms with E-state index in [0.29, 0.717) is 11.5 Å². The maximum atomic E-state index is 9.24. The number of nitrogens with two attached hydrogens (primary N) is 1. The Kier molecular flexibility index (Phi) is 2.40. The summed E-state index contributed by atoms with van der Waals surface area (Å²) in [5, 5.41) is 10.00. The molecule has 0 unspecified atom stereocenters. The normalized spacial score (nSPS) is 31.5. The fraction of sp³-hybridized carbons (Fsp3) is 0.500. The van der Waals surface area contributed by atoms with E-state index >= 15 is 0 Å². The summed E-state index contributed by atoms with van der Waals surface area (Å²) in [6, 6.07) is 1.85. The van der Waals surface area contributed by atoms with Crippen molar-refractivity contribution in [2.24, 2.45) is 0 Å². The van der Waals surface area contributed by atoms with Crippen molar-refractivity contribution >= 4 is 17.0 Å². The van der Waals surface area contributed by atoms with Gasteiger partial charge in [-0.25, -0.2) is 0 Å². The van der Waals surface area contributed by atoms with Crippen LogP contribution in [-0.2, 0) is 9.47 Å². The maximum Gasteiger partial charge on any atom is 0.227 e. The molecule has 8 heteroatoms. The predicted octanol–water partition coefficient (Wildman–Crippen LogP) is -0.321. The number of methoxy groups -OCH3 is 1. The third-order valence-electron chi connectivity index (χ3n) is 3.72. The van der Waals surface area contributed by atoms with Crippen molar-refractivity contribution in [3.63, 3.8) is 0 Å². The first-order valence-corrected chi connectivity index (χ1v) is 6.32. The van der Waals surface area contributed by atoms with E-state index in [0.717, 1.165) is 5.39 Å². The van der Waals surface area contributed by atoms with Gasteiger partial charge in [0.05, 0.1) is 19.1 Å². The molecule has 2 aromatic heterocycles. The van der Waals surface area contributed by atoms with Crippen LogP contribution in [0.15, 0.2) is 12.3 Å². The van der Waals surface area contributed by atoms with Crippen LogP contribution in [0.4, 0.5) is 5.95 Å². The number of epoxide rings is 1. The highest BCUT2D eigenvalue weighted by Crippen LogP contribution is 2.45. The second kappa shape index (κ2) is 4.05. The molecule has 20 heavy (non-hydrogen) atoms. The summed E-state index contributed by atoms with van der Waals surface area (Å²) in [6.07, 6.45) is 1.15. The smallest absolute Gasteiger partial charge is 0.227 e. The van der Waals surface area contributed by atoms with Gasteiger partial charge in [0.15, 0.2) is 11.9 Å². The van der Waals surface area contributed by atoms with E-state index in [-0.39, 0.29) is 37.1 Å². The molecule has 0 aliphatic carbocycles. The standard InChI is InChI=1S/C12H14N4O4/c1-18-10-5-2-3-16(9(5)14-12(13)15-10)11-8-7(20-8)6(4-17)19-11/h2-3,6-8,11,17H,4H2,1H3,(H2,13,14,15)/t6-,7-,8+,11-/m1/s1. The van der Waals surface area contributed by atoms with Gasteiger partial charge in [-0.3, -0.25) is 0 Å². The van der Waals surface area contributed by atoms with Gasteiger partial charge >= 0.3 is 0 Å². The van der Waals surface area contributed by atoms with E-state index in [1.165, 1.54) is 7.11 Å². The van der Waals surface area contributed by atoms with E-state index in [2.05, 4.69) is 9.97 Å². The molecule has 0 saturated carbocycles. The number of anilines is 1. The number of nitrogens with zero attached hydrogens (tertiary/aromatic N) is 3. The second-order valence-corrected chi connectivity index (χ2v) is 4.86.